The predicted octanol–water partition coefficient (Wildman–Crippen LogP) is 3.79. The molecule has 0 bridgehead atoms. The molecule has 1 aliphatic heterocycles. The molecular formula is C21H27N3O. The molecule has 1 amide bonds. The molecule has 1 aliphatic rings. The van der Waals surface area contributed by atoms with Gasteiger partial charge in [0.2, 0.25) is 5.91 Å². The van der Waals surface area contributed by atoms with Gasteiger partial charge in [0.05, 0.1) is 0 Å². The molecule has 0 unspecified atom stereocenters. The molecule has 0 saturated carbocycles. The van der Waals surface area contributed by atoms with Crippen LogP contribution in [-0.4, -0.2) is 25.0 Å². The van der Waals surface area contributed by atoms with Crippen molar-refractivity contribution in [3.05, 3.63) is 60.2 Å². The number of benzene rings is 2. The van der Waals surface area contributed by atoms with Crippen LogP contribution < -0.4 is 15.5 Å². The Balaban J connectivity index is 1.49. The lowest BCUT2D eigenvalue weighted by Crippen LogP contribution is -2.37. The highest BCUT2D eigenvalue weighted by Crippen LogP contribution is 2.22. The molecule has 25 heavy (non-hydrogen) atoms. The zero-order valence-corrected chi connectivity index (χ0v) is 14.9. The van der Waals surface area contributed by atoms with E-state index in [1.807, 2.05) is 37.3 Å². The summed E-state index contributed by atoms with van der Waals surface area (Å²) in [7, 11) is 0. The Morgan fingerprint density at radius 3 is 2.36 bits per heavy atom. The van der Waals surface area contributed by atoms with Crippen molar-refractivity contribution in [2.45, 2.75) is 38.8 Å². The van der Waals surface area contributed by atoms with E-state index < -0.39 is 0 Å². The first kappa shape index (κ1) is 17.3. The molecule has 2 aromatic carbocycles. The van der Waals surface area contributed by atoms with Gasteiger partial charge >= 0.3 is 0 Å². The molecule has 4 nitrogen and oxygen atoms in total. The van der Waals surface area contributed by atoms with E-state index in [4.69, 9.17) is 0 Å². The normalized spacial score (nSPS) is 15.5. The van der Waals surface area contributed by atoms with Gasteiger partial charge in [0.1, 0.15) is 6.04 Å². The summed E-state index contributed by atoms with van der Waals surface area (Å²) in [6.07, 6.45) is 3.89. The van der Waals surface area contributed by atoms with E-state index in [2.05, 4.69) is 39.8 Å². The third-order valence-electron chi connectivity index (χ3n) is 4.67. The fourth-order valence-electron chi connectivity index (χ4n) is 3.17. The summed E-state index contributed by atoms with van der Waals surface area (Å²) in [6, 6.07) is 18.1. The van der Waals surface area contributed by atoms with Gasteiger partial charge in [0, 0.05) is 31.0 Å². The molecule has 2 aromatic rings. The topological polar surface area (TPSA) is 44.4 Å². The third kappa shape index (κ3) is 4.99. The number of piperidine rings is 1. The van der Waals surface area contributed by atoms with Gasteiger partial charge in [0.25, 0.3) is 0 Å². The fourth-order valence-corrected chi connectivity index (χ4v) is 3.17. The van der Waals surface area contributed by atoms with Crippen molar-refractivity contribution in [3.8, 4) is 0 Å². The third-order valence-corrected chi connectivity index (χ3v) is 4.67. The molecular weight excluding hydrogens is 310 g/mol. The van der Waals surface area contributed by atoms with Crippen molar-refractivity contribution in [2.75, 3.05) is 23.3 Å². The molecule has 1 atom stereocenters. The Morgan fingerprint density at radius 1 is 1.00 bits per heavy atom. The van der Waals surface area contributed by atoms with Crippen molar-refractivity contribution in [3.63, 3.8) is 0 Å². The standard InChI is InChI=1S/C21H27N3O/c1-17(21(25)22-16-18-8-4-2-5-9-18)23-19-10-12-20(13-11-19)24-14-6-3-7-15-24/h2,4-5,8-13,17,23H,3,6-7,14-16H2,1H3,(H,22,25)/t17-/m0/s1. The maximum atomic E-state index is 12.3. The Kier molecular flexibility index (Phi) is 5.94. The van der Waals surface area contributed by atoms with Crippen LogP contribution in [0.4, 0.5) is 11.4 Å². The summed E-state index contributed by atoms with van der Waals surface area (Å²) >= 11 is 0. The maximum absolute atomic E-state index is 12.3. The average molecular weight is 337 g/mol. The Morgan fingerprint density at radius 2 is 1.68 bits per heavy atom. The number of hydrogen-bond donors (Lipinski definition) is 2. The first-order valence-corrected chi connectivity index (χ1v) is 9.15. The highest BCUT2D eigenvalue weighted by atomic mass is 16.2. The number of hydrogen-bond acceptors (Lipinski definition) is 3. The zero-order valence-electron chi connectivity index (χ0n) is 14.9. The van der Waals surface area contributed by atoms with Crippen molar-refractivity contribution < 1.29 is 4.79 Å². The molecule has 0 spiro atoms. The summed E-state index contributed by atoms with van der Waals surface area (Å²) in [6.45, 7) is 4.73. The van der Waals surface area contributed by atoms with Gasteiger partial charge in [-0.05, 0) is 56.0 Å². The quantitative estimate of drug-likeness (QED) is 0.843. The van der Waals surface area contributed by atoms with Crippen molar-refractivity contribution in [1.82, 2.24) is 5.32 Å². The van der Waals surface area contributed by atoms with Gasteiger partial charge < -0.3 is 15.5 Å². The zero-order chi connectivity index (χ0) is 17.5. The van der Waals surface area contributed by atoms with Gasteiger partial charge in [-0.3, -0.25) is 4.79 Å². The Bertz CT molecular complexity index is 663. The Labute approximate surface area is 150 Å². The number of nitrogens with one attached hydrogen (secondary N) is 2. The lowest BCUT2D eigenvalue weighted by atomic mass is 10.1. The van der Waals surface area contributed by atoms with Gasteiger partial charge in [-0.1, -0.05) is 30.3 Å². The minimum absolute atomic E-state index is 0.00367. The molecule has 2 N–H and O–H groups in total. The fraction of sp³-hybridized carbons (Fsp3) is 0.381. The van der Waals surface area contributed by atoms with Crippen molar-refractivity contribution in [1.29, 1.82) is 0 Å². The second-order valence-electron chi connectivity index (χ2n) is 6.66. The molecule has 1 fully saturated rings. The SMILES string of the molecule is C[C@H](Nc1ccc(N2CCCCC2)cc1)C(=O)NCc1ccccc1. The molecule has 1 heterocycles. The van der Waals surface area contributed by atoms with E-state index in [0.717, 1.165) is 24.3 Å². The Hall–Kier alpha value is -2.49. The van der Waals surface area contributed by atoms with Crippen LogP contribution in [0.25, 0.3) is 0 Å². The largest absolute Gasteiger partial charge is 0.374 e. The number of carbonyl (C=O) groups excluding carboxylic acids is 1. The molecule has 0 aliphatic carbocycles. The highest BCUT2D eigenvalue weighted by molar-refractivity contribution is 5.84. The molecule has 4 heteroatoms. The van der Waals surface area contributed by atoms with Crippen LogP contribution in [0.1, 0.15) is 31.7 Å². The van der Waals surface area contributed by atoms with Gasteiger partial charge in [0.15, 0.2) is 0 Å². The highest BCUT2D eigenvalue weighted by Gasteiger charge is 2.13. The van der Waals surface area contributed by atoms with Crippen LogP contribution in [0.5, 0.6) is 0 Å². The minimum atomic E-state index is -0.274. The van der Waals surface area contributed by atoms with Gasteiger partial charge in [-0.2, -0.15) is 0 Å². The lowest BCUT2D eigenvalue weighted by molar-refractivity contribution is -0.121. The van der Waals surface area contributed by atoms with Crippen LogP contribution in [0.3, 0.4) is 0 Å². The number of nitrogens with zero attached hydrogens (tertiary/aromatic N) is 1. The maximum Gasteiger partial charge on any atom is 0.242 e. The summed E-state index contributed by atoms with van der Waals surface area (Å²) in [5.41, 5.74) is 3.35. The number of amides is 1. The first-order chi connectivity index (χ1) is 12.2. The smallest absolute Gasteiger partial charge is 0.242 e. The first-order valence-electron chi connectivity index (χ1n) is 9.15. The molecule has 0 radical (unpaired) electrons. The van der Waals surface area contributed by atoms with Crippen molar-refractivity contribution in [2.24, 2.45) is 0 Å². The second kappa shape index (κ2) is 8.56. The van der Waals surface area contributed by atoms with E-state index in [9.17, 15) is 4.79 Å². The van der Waals surface area contributed by atoms with Crippen molar-refractivity contribution >= 4 is 17.3 Å². The summed E-state index contributed by atoms with van der Waals surface area (Å²) in [5.74, 6) is 0.00367. The molecule has 1 saturated heterocycles. The van der Waals surface area contributed by atoms with Crippen LogP contribution in [-0.2, 0) is 11.3 Å². The number of anilines is 2. The van der Waals surface area contributed by atoms with Crippen LogP contribution >= 0.6 is 0 Å². The molecule has 132 valence electrons. The van der Waals surface area contributed by atoms with E-state index in [1.54, 1.807) is 0 Å². The van der Waals surface area contributed by atoms with Crippen LogP contribution in [0.15, 0.2) is 54.6 Å². The van der Waals surface area contributed by atoms with Gasteiger partial charge in [-0.15, -0.1) is 0 Å². The van der Waals surface area contributed by atoms with Gasteiger partial charge in [-0.25, -0.2) is 0 Å². The van der Waals surface area contributed by atoms with E-state index >= 15 is 0 Å². The second-order valence-corrected chi connectivity index (χ2v) is 6.66. The average Bonchev–Trinajstić information content (AvgIpc) is 2.68. The predicted molar refractivity (Wildman–Crippen MR) is 104 cm³/mol. The monoisotopic (exact) mass is 337 g/mol. The molecule has 3 rings (SSSR count). The summed E-state index contributed by atoms with van der Waals surface area (Å²) < 4.78 is 0. The summed E-state index contributed by atoms with van der Waals surface area (Å²) in [5, 5.41) is 6.25. The number of carbonyl (C=O) groups is 1. The number of rotatable bonds is 6. The van der Waals surface area contributed by atoms with Crippen LogP contribution in [0, 0.1) is 0 Å². The van der Waals surface area contributed by atoms with Crippen LogP contribution in [0.2, 0.25) is 0 Å². The van der Waals surface area contributed by atoms with E-state index in [-0.39, 0.29) is 11.9 Å². The van der Waals surface area contributed by atoms with E-state index in [1.165, 1.54) is 24.9 Å². The minimum Gasteiger partial charge on any atom is -0.374 e. The lowest BCUT2D eigenvalue weighted by Gasteiger charge is -2.29. The molecule has 0 aromatic heterocycles. The van der Waals surface area contributed by atoms with E-state index in [0.29, 0.717) is 6.54 Å². The summed E-state index contributed by atoms with van der Waals surface area (Å²) in [4.78, 5) is 14.7.